The minimum Gasteiger partial charge on any atom is -0.465 e. The first-order chi connectivity index (χ1) is 24.0. The van der Waals surface area contributed by atoms with Crippen molar-refractivity contribution in [1.82, 2.24) is 25.1 Å². The molecule has 0 bridgehead atoms. The number of nitrogens with one attached hydrogen (secondary N) is 1. The molecule has 0 aliphatic carbocycles. The molecule has 10 nitrogen and oxygen atoms in total. The first-order valence-electron chi connectivity index (χ1n) is 16.1. The van der Waals surface area contributed by atoms with E-state index in [-0.39, 0.29) is 46.6 Å². The van der Waals surface area contributed by atoms with Gasteiger partial charge in [0.1, 0.15) is 17.7 Å². The average molecular weight is 722 g/mol. The summed E-state index contributed by atoms with van der Waals surface area (Å²) in [7, 11) is 0. The van der Waals surface area contributed by atoms with Crippen molar-refractivity contribution in [2.45, 2.75) is 57.6 Å². The summed E-state index contributed by atoms with van der Waals surface area (Å²) < 4.78 is 111. The zero-order valence-corrected chi connectivity index (χ0v) is 27.5. The van der Waals surface area contributed by atoms with E-state index in [1.165, 1.54) is 24.4 Å². The van der Waals surface area contributed by atoms with E-state index in [0.717, 1.165) is 22.9 Å². The second-order valence-corrected chi connectivity index (χ2v) is 12.7. The number of nitrogen functional groups attached to an aromatic ring is 1. The second kappa shape index (κ2) is 13.7. The van der Waals surface area contributed by atoms with E-state index >= 15 is 0 Å². The van der Waals surface area contributed by atoms with Gasteiger partial charge < -0.3 is 25.4 Å². The Labute approximate surface area is 287 Å². The first-order valence-corrected chi connectivity index (χ1v) is 16.1. The van der Waals surface area contributed by atoms with Crippen LogP contribution < -0.4 is 20.7 Å². The highest BCUT2D eigenvalue weighted by molar-refractivity contribution is 5.76. The van der Waals surface area contributed by atoms with Gasteiger partial charge in [-0.25, -0.2) is 9.07 Å². The minimum atomic E-state index is -5.02. The van der Waals surface area contributed by atoms with Crippen LogP contribution in [-0.4, -0.2) is 64.2 Å². The smallest absolute Gasteiger partial charge is 0.429 e. The molecule has 272 valence electrons. The lowest BCUT2D eigenvalue weighted by molar-refractivity contribution is -0.198. The molecule has 2 fully saturated rings. The molecule has 2 aromatic heterocycles. The summed E-state index contributed by atoms with van der Waals surface area (Å²) in [6, 6.07) is 7.68. The van der Waals surface area contributed by atoms with Crippen molar-refractivity contribution in [2.24, 2.45) is 5.41 Å². The molecule has 4 heterocycles. The quantitative estimate of drug-likeness (QED) is 0.154. The van der Waals surface area contributed by atoms with Gasteiger partial charge in [0.15, 0.2) is 0 Å². The van der Waals surface area contributed by atoms with Gasteiger partial charge in [-0.15, -0.1) is 0 Å². The summed E-state index contributed by atoms with van der Waals surface area (Å²) >= 11 is 0. The van der Waals surface area contributed by atoms with Gasteiger partial charge in [0.2, 0.25) is 17.9 Å². The molecule has 2 aliphatic rings. The number of carbonyl (C=O) groups excluding carboxylic acids is 1. The van der Waals surface area contributed by atoms with Crippen LogP contribution in [0.2, 0.25) is 0 Å². The lowest BCUT2D eigenvalue weighted by atomic mass is 9.76. The molecule has 6 rings (SSSR count). The number of alkyl halides is 6. The number of hydrogen-bond donors (Lipinski definition) is 2. The zero-order valence-electron chi connectivity index (χ0n) is 27.5. The maximum absolute atomic E-state index is 14.9. The van der Waals surface area contributed by atoms with Crippen molar-refractivity contribution in [1.29, 1.82) is 0 Å². The highest BCUT2D eigenvalue weighted by atomic mass is 19.4. The summed E-state index contributed by atoms with van der Waals surface area (Å²) in [5.41, 5.74) is 4.19. The van der Waals surface area contributed by atoms with Gasteiger partial charge in [-0.2, -0.15) is 41.4 Å². The number of esters is 1. The summed E-state index contributed by atoms with van der Waals surface area (Å²) in [5.74, 6) is -1.99. The van der Waals surface area contributed by atoms with E-state index in [0.29, 0.717) is 56.7 Å². The van der Waals surface area contributed by atoms with Crippen LogP contribution >= 0.6 is 0 Å². The summed E-state index contributed by atoms with van der Waals surface area (Å²) in [5, 5.41) is 7.46. The topological polar surface area (TPSA) is 120 Å². The Kier molecular flexibility index (Phi) is 9.61. The third-order valence-electron chi connectivity index (χ3n) is 9.16. The Morgan fingerprint density at radius 2 is 1.78 bits per heavy atom. The average Bonchev–Trinajstić information content (AvgIpc) is 3.69. The van der Waals surface area contributed by atoms with E-state index in [1.54, 1.807) is 13.8 Å². The van der Waals surface area contributed by atoms with Crippen molar-refractivity contribution in [3.05, 3.63) is 77.4 Å². The zero-order chi connectivity index (χ0) is 36.7. The molecule has 17 heteroatoms. The second-order valence-electron chi connectivity index (χ2n) is 12.7. The van der Waals surface area contributed by atoms with Gasteiger partial charge in [-0.3, -0.25) is 4.79 Å². The molecule has 2 atom stereocenters. The number of halogens is 7. The number of aryl methyl sites for hydroxylation is 1. The highest BCUT2D eigenvalue weighted by Crippen LogP contribution is 2.43. The van der Waals surface area contributed by atoms with Crippen molar-refractivity contribution in [3.63, 3.8) is 0 Å². The van der Waals surface area contributed by atoms with Crippen LogP contribution in [0.25, 0.3) is 16.8 Å². The van der Waals surface area contributed by atoms with Crippen LogP contribution in [0.4, 0.5) is 42.5 Å². The Morgan fingerprint density at radius 3 is 2.43 bits per heavy atom. The van der Waals surface area contributed by atoms with Crippen LogP contribution in [0.3, 0.4) is 0 Å². The third kappa shape index (κ3) is 7.87. The van der Waals surface area contributed by atoms with E-state index < -0.39 is 47.3 Å². The van der Waals surface area contributed by atoms with Crippen LogP contribution in [0.1, 0.15) is 49.1 Å². The predicted octanol–water partition coefficient (Wildman–Crippen LogP) is 6.57. The number of piperidine rings is 1. The SMILES string of the molecule is CCOC(=O)C1CC2(CCN(c3cc(O[C@H](c4ccc(-c5cc(F)cc(C(F)(F)F)c5)cc4-n4ccc(C)n4)C(F)(F)F)nc(N)n3)CC2)CN1. The van der Waals surface area contributed by atoms with E-state index in [4.69, 9.17) is 15.2 Å². The standard InChI is InChI=1S/C34H34F7N7O3/c1-3-50-30(49)25-17-32(18-43-25)7-10-47(11-8-32)27-16-28(45-31(42)44-27)51-29(34(39,40)41)24-5-4-20(14-26(24)48-9-6-19(2)46-48)21-12-22(33(36,37)38)15-23(35)13-21/h4-6,9,12-16,25,29,43H,3,7-8,10-11,17-18H2,1-2H3,(H2,42,44,45)/t25?,29-/m1/s1. The lowest BCUT2D eigenvalue weighted by Gasteiger charge is -2.39. The van der Waals surface area contributed by atoms with Crippen LogP contribution in [0, 0.1) is 18.2 Å². The number of aromatic nitrogens is 4. The van der Waals surface area contributed by atoms with Crippen LogP contribution in [0.15, 0.2) is 54.7 Å². The Balaban J connectivity index is 1.30. The van der Waals surface area contributed by atoms with Crippen molar-refractivity contribution in [3.8, 4) is 22.7 Å². The summed E-state index contributed by atoms with van der Waals surface area (Å²) in [6.45, 7) is 5.22. The Morgan fingerprint density at radius 1 is 1.04 bits per heavy atom. The molecular weight excluding hydrogens is 687 g/mol. The Bertz CT molecular complexity index is 1910. The van der Waals surface area contributed by atoms with E-state index in [9.17, 15) is 35.5 Å². The minimum absolute atomic E-state index is 0.00954. The normalized spacial score (nSPS) is 18.2. The summed E-state index contributed by atoms with van der Waals surface area (Å²) in [6.07, 6.45) is -9.18. The predicted molar refractivity (Wildman–Crippen MR) is 171 cm³/mol. The van der Waals surface area contributed by atoms with Crippen molar-refractivity contribution in [2.75, 3.05) is 36.9 Å². The molecule has 51 heavy (non-hydrogen) atoms. The Hall–Kier alpha value is -4.93. The maximum Gasteiger partial charge on any atom is 0.429 e. The molecule has 4 aromatic rings. The fraction of sp³-hybridized carbons (Fsp3) is 0.412. The molecule has 0 saturated carbocycles. The van der Waals surface area contributed by atoms with E-state index in [1.807, 2.05) is 4.90 Å². The van der Waals surface area contributed by atoms with Crippen LogP contribution in [-0.2, 0) is 15.7 Å². The van der Waals surface area contributed by atoms with Gasteiger partial charge in [0.25, 0.3) is 0 Å². The molecule has 2 aromatic carbocycles. The fourth-order valence-corrected chi connectivity index (χ4v) is 6.61. The van der Waals surface area contributed by atoms with E-state index in [2.05, 4.69) is 20.4 Å². The maximum atomic E-state index is 14.9. The number of benzene rings is 2. The van der Waals surface area contributed by atoms with Gasteiger partial charge in [0, 0.05) is 37.5 Å². The summed E-state index contributed by atoms with van der Waals surface area (Å²) in [4.78, 5) is 22.3. The number of nitrogens with two attached hydrogens (primary N) is 1. The molecule has 3 N–H and O–H groups in total. The third-order valence-corrected chi connectivity index (χ3v) is 9.16. The molecule has 2 aliphatic heterocycles. The van der Waals surface area contributed by atoms with Crippen molar-refractivity contribution >= 4 is 17.7 Å². The number of rotatable bonds is 8. The van der Waals surface area contributed by atoms with Gasteiger partial charge in [0.05, 0.1) is 23.6 Å². The van der Waals surface area contributed by atoms with Gasteiger partial charge >= 0.3 is 18.3 Å². The largest absolute Gasteiger partial charge is 0.465 e. The molecule has 2 saturated heterocycles. The molecule has 0 radical (unpaired) electrons. The van der Waals surface area contributed by atoms with Gasteiger partial charge in [-0.1, -0.05) is 12.1 Å². The number of carbonyl (C=O) groups is 1. The van der Waals surface area contributed by atoms with Crippen LogP contribution in [0.5, 0.6) is 5.88 Å². The molecule has 0 amide bonds. The van der Waals surface area contributed by atoms with Gasteiger partial charge in [-0.05, 0) is 80.0 Å². The highest BCUT2D eigenvalue weighted by Gasteiger charge is 2.46. The monoisotopic (exact) mass is 721 g/mol. The van der Waals surface area contributed by atoms with Crippen molar-refractivity contribution < 1.29 is 45.0 Å². The molecule has 1 spiro atoms. The first kappa shape index (κ1) is 35.9. The molecule has 1 unspecified atom stereocenters. The number of nitrogens with zero attached hydrogens (tertiary/aromatic N) is 5. The number of anilines is 2. The number of hydrogen-bond acceptors (Lipinski definition) is 9. The number of ether oxygens (including phenoxy) is 2. The lowest BCUT2D eigenvalue weighted by Crippen LogP contribution is -2.41. The fourth-order valence-electron chi connectivity index (χ4n) is 6.61. The molecular formula is C34H34F7N7O3.